The van der Waals surface area contributed by atoms with Crippen LogP contribution < -0.4 is 0 Å². The van der Waals surface area contributed by atoms with Gasteiger partial charge in [-0.1, -0.05) is 23.8 Å². The van der Waals surface area contributed by atoms with Crippen molar-refractivity contribution in [3.8, 4) is 0 Å². The lowest BCUT2D eigenvalue weighted by Gasteiger charge is -1.99. The second kappa shape index (κ2) is 7.62. The van der Waals surface area contributed by atoms with Crippen LogP contribution in [0.4, 0.5) is 22.7 Å². The number of hydrogen-bond acceptors (Lipinski definition) is 4. The minimum Gasteiger partial charge on any atom is -0.151 e. The van der Waals surface area contributed by atoms with Crippen molar-refractivity contribution in [2.75, 3.05) is 0 Å². The first-order valence-electron chi connectivity index (χ1n) is 8.18. The van der Waals surface area contributed by atoms with E-state index >= 15 is 0 Å². The van der Waals surface area contributed by atoms with Crippen molar-refractivity contribution in [3.05, 3.63) is 83.4 Å². The Morgan fingerprint density at radius 3 is 1.32 bits per heavy atom. The molecule has 0 aliphatic rings. The average molecular weight is 328 g/mol. The van der Waals surface area contributed by atoms with Crippen LogP contribution in [0.5, 0.6) is 0 Å². The number of nitrogens with zero attached hydrogens (tertiary/aromatic N) is 4. The van der Waals surface area contributed by atoms with E-state index in [-0.39, 0.29) is 0 Å². The molecular formula is C21H20N4. The van der Waals surface area contributed by atoms with E-state index < -0.39 is 0 Å². The highest BCUT2D eigenvalue weighted by Crippen LogP contribution is 2.24. The molecule has 3 aromatic carbocycles. The first-order valence-corrected chi connectivity index (χ1v) is 8.18. The van der Waals surface area contributed by atoms with Crippen LogP contribution in [0.1, 0.15) is 16.7 Å². The van der Waals surface area contributed by atoms with Crippen molar-refractivity contribution >= 4 is 22.7 Å². The maximum absolute atomic E-state index is 4.28. The van der Waals surface area contributed by atoms with Gasteiger partial charge in [0.25, 0.3) is 0 Å². The third-order valence-corrected chi connectivity index (χ3v) is 3.94. The molecule has 3 rings (SSSR count). The first-order chi connectivity index (χ1) is 12.1. The molecule has 0 aromatic heterocycles. The number of hydrogen-bond donors (Lipinski definition) is 0. The largest absolute Gasteiger partial charge is 0.151 e. The van der Waals surface area contributed by atoms with E-state index in [0.29, 0.717) is 0 Å². The summed E-state index contributed by atoms with van der Waals surface area (Å²) >= 11 is 0. The predicted octanol–water partition coefficient (Wildman–Crippen LogP) is 7.44. The Morgan fingerprint density at radius 1 is 0.440 bits per heavy atom. The minimum absolute atomic E-state index is 0.783. The molecule has 0 saturated heterocycles. The fourth-order valence-electron chi connectivity index (χ4n) is 2.22. The molecule has 0 spiro atoms. The van der Waals surface area contributed by atoms with E-state index in [0.717, 1.165) is 22.7 Å². The lowest BCUT2D eigenvalue weighted by Crippen LogP contribution is -1.77. The summed E-state index contributed by atoms with van der Waals surface area (Å²) in [5.41, 5.74) is 6.93. The molecule has 0 bridgehead atoms. The zero-order chi connectivity index (χ0) is 17.6. The molecule has 4 heteroatoms. The van der Waals surface area contributed by atoms with Crippen molar-refractivity contribution in [3.63, 3.8) is 0 Å². The van der Waals surface area contributed by atoms with Gasteiger partial charge < -0.3 is 0 Å². The van der Waals surface area contributed by atoms with Gasteiger partial charge >= 0.3 is 0 Å². The normalized spacial score (nSPS) is 11.5. The van der Waals surface area contributed by atoms with Crippen LogP contribution in [-0.4, -0.2) is 0 Å². The SMILES string of the molecule is Cc1ccc(/N=N\c2ccc(N=Nc3ccc(C)c(C)c3)cc2)cc1. The van der Waals surface area contributed by atoms with Gasteiger partial charge in [-0.05, 0) is 80.4 Å². The van der Waals surface area contributed by atoms with Crippen molar-refractivity contribution in [1.29, 1.82) is 0 Å². The Morgan fingerprint density at radius 2 is 0.840 bits per heavy atom. The third-order valence-electron chi connectivity index (χ3n) is 3.94. The predicted molar refractivity (Wildman–Crippen MR) is 102 cm³/mol. The Balaban J connectivity index is 1.68. The smallest absolute Gasteiger partial charge is 0.0859 e. The molecule has 0 N–H and O–H groups in total. The Labute approximate surface area is 148 Å². The van der Waals surface area contributed by atoms with Crippen molar-refractivity contribution in [2.24, 2.45) is 20.5 Å². The first kappa shape index (κ1) is 16.7. The summed E-state index contributed by atoms with van der Waals surface area (Å²) in [6.45, 7) is 6.20. The summed E-state index contributed by atoms with van der Waals surface area (Å²) in [7, 11) is 0. The molecule has 0 amide bonds. The summed E-state index contributed by atoms with van der Waals surface area (Å²) in [4.78, 5) is 0. The number of aryl methyl sites for hydroxylation is 3. The van der Waals surface area contributed by atoms with E-state index in [1.54, 1.807) is 0 Å². The zero-order valence-corrected chi connectivity index (χ0v) is 14.6. The van der Waals surface area contributed by atoms with Gasteiger partial charge in [-0.2, -0.15) is 20.5 Å². The number of rotatable bonds is 4. The highest BCUT2D eigenvalue weighted by Gasteiger charge is 1.96. The van der Waals surface area contributed by atoms with Crippen LogP contribution >= 0.6 is 0 Å². The average Bonchev–Trinajstić information content (AvgIpc) is 2.63. The van der Waals surface area contributed by atoms with Gasteiger partial charge in [-0.25, -0.2) is 0 Å². The van der Waals surface area contributed by atoms with Gasteiger partial charge in [0, 0.05) is 0 Å². The number of benzene rings is 3. The van der Waals surface area contributed by atoms with Crippen LogP contribution in [0, 0.1) is 20.8 Å². The quantitative estimate of drug-likeness (QED) is 0.447. The van der Waals surface area contributed by atoms with Crippen molar-refractivity contribution < 1.29 is 0 Å². The molecule has 0 aliphatic heterocycles. The molecule has 0 fully saturated rings. The second-order valence-corrected chi connectivity index (χ2v) is 6.02. The summed E-state index contributed by atoms with van der Waals surface area (Å²) in [5, 5.41) is 17.0. The second-order valence-electron chi connectivity index (χ2n) is 6.02. The van der Waals surface area contributed by atoms with E-state index in [9.17, 15) is 0 Å². The van der Waals surface area contributed by atoms with Crippen molar-refractivity contribution in [2.45, 2.75) is 20.8 Å². The zero-order valence-electron chi connectivity index (χ0n) is 14.6. The molecule has 25 heavy (non-hydrogen) atoms. The van der Waals surface area contributed by atoms with Crippen LogP contribution in [0.15, 0.2) is 87.2 Å². The Bertz CT molecular complexity index is 908. The minimum atomic E-state index is 0.783. The van der Waals surface area contributed by atoms with Crippen LogP contribution in [-0.2, 0) is 0 Å². The molecule has 0 aliphatic carbocycles. The van der Waals surface area contributed by atoms with Crippen LogP contribution in [0.25, 0.3) is 0 Å². The molecule has 0 atom stereocenters. The lowest BCUT2D eigenvalue weighted by molar-refractivity contribution is 1.20. The molecule has 0 heterocycles. The van der Waals surface area contributed by atoms with Crippen LogP contribution in [0.3, 0.4) is 0 Å². The fraction of sp³-hybridized carbons (Fsp3) is 0.143. The maximum atomic E-state index is 4.28. The van der Waals surface area contributed by atoms with Gasteiger partial charge in [-0.15, -0.1) is 0 Å². The topological polar surface area (TPSA) is 49.4 Å². The Hall–Kier alpha value is -3.14. The highest BCUT2D eigenvalue weighted by molar-refractivity contribution is 5.49. The summed E-state index contributed by atoms with van der Waals surface area (Å²) in [6.07, 6.45) is 0. The molecule has 3 aromatic rings. The molecule has 0 unspecified atom stereocenters. The summed E-state index contributed by atoms with van der Waals surface area (Å²) < 4.78 is 0. The van der Waals surface area contributed by atoms with Gasteiger partial charge in [0.15, 0.2) is 0 Å². The van der Waals surface area contributed by atoms with Crippen molar-refractivity contribution in [1.82, 2.24) is 0 Å². The highest BCUT2D eigenvalue weighted by atomic mass is 15.1. The van der Waals surface area contributed by atoms with E-state index in [1.165, 1.54) is 16.7 Å². The number of azo groups is 2. The Kier molecular flexibility index (Phi) is 5.09. The standard InChI is InChI=1S/C21H20N4/c1-15-4-7-18(8-5-15)22-23-19-10-12-20(13-11-19)24-25-21-9-6-16(2)17(3)14-21/h4-14H,1-3H3/b23-22-,25-24?. The monoisotopic (exact) mass is 328 g/mol. The van der Waals surface area contributed by atoms with Gasteiger partial charge in [-0.3, -0.25) is 0 Å². The van der Waals surface area contributed by atoms with E-state index in [2.05, 4.69) is 40.4 Å². The van der Waals surface area contributed by atoms with E-state index in [4.69, 9.17) is 0 Å². The lowest BCUT2D eigenvalue weighted by atomic mass is 10.1. The molecule has 0 radical (unpaired) electrons. The maximum Gasteiger partial charge on any atom is 0.0859 e. The fourth-order valence-corrected chi connectivity index (χ4v) is 2.22. The molecule has 124 valence electrons. The third kappa shape index (κ3) is 4.67. The van der Waals surface area contributed by atoms with Gasteiger partial charge in [0.2, 0.25) is 0 Å². The molecular weight excluding hydrogens is 308 g/mol. The summed E-state index contributed by atoms with van der Waals surface area (Å²) in [6, 6.07) is 21.5. The van der Waals surface area contributed by atoms with Gasteiger partial charge in [0.1, 0.15) is 0 Å². The molecule has 4 nitrogen and oxygen atoms in total. The molecule has 0 saturated carbocycles. The van der Waals surface area contributed by atoms with Crippen LogP contribution in [0.2, 0.25) is 0 Å². The van der Waals surface area contributed by atoms with E-state index in [1.807, 2.05) is 67.6 Å². The van der Waals surface area contributed by atoms with Gasteiger partial charge in [0.05, 0.1) is 22.7 Å². The summed E-state index contributed by atoms with van der Waals surface area (Å²) in [5.74, 6) is 0.